The Bertz CT molecular complexity index is 1480. The normalized spacial score (nSPS) is 30.5. The summed E-state index contributed by atoms with van der Waals surface area (Å²) >= 11 is 0. The summed E-state index contributed by atoms with van der Waals surface area (Å²) in [6.45, 7) is 21.4. The van der Waals surface area contributed by atoms with Gasteiger partial charge in [0.05, 0.1) is 6.04 Å². The highest BCUT2D eigenvalue weighted by Crippen LogP contribution is 2.65. The molecule has 0 radical (unpaired) electrons. The monoisotopic (exact) mass is 712 g/mol. The molecule has 4 N–H and O–H groups in total. The molecule has 0 bridgehead atoms. The van der Waals surface area contributed by atoms with E-state index in [2.05, 4.69) is 35.1 Å². The van der Waals surface area contributed by atoms with E-state index in [9.17, 15) is 33.6 Å². The Hall–Kier alpha value is -3.51. The zero-order valence-corrected chi connectivity index (χ0v) is 32.5. The Morgan fingerprint density at radius 2 is 1.47 bits per heavy atom. The smallest absolute Gasteiger partial charge is 0.315 e. The van der Waals surface area contributed by atoms with Crippen molar-refractivity contribution in [3.05, 3.63) is 0 Å². The summed E-state index contributed by atoms with van der Waals surface area (Å²) in [5.41, 5.74) is -3.22. The van der Waals surface area contributed by atoms with E-state index in [1.54, 1.807) is 4.90 Å². The van der Waals surface area contributed by atoms with Gasteiger partial charge in [-0.1, -0.05) is 82.6 Å². The van der Waals surface area contributed by atoms with Gasteiger partial charge < -0.3 is 26.2 Å². The zero-order valence-electron chi connectivity index (χ0n) is 32.5. The van der Waals surface area contributed by atoms with Gasteiger partial charge in [-0.3, -0.25) is 33.7 Å². The SMILES string of the molecule is CC[C@H]1C[C@]1(NC(=O)[C@@H]1[C@@H]2[C@H](CN1C(=O)[C@@H](NC(=O)N[C@H](CN1C(=O)CC(C)(C)CC1=O)C(C)(C)C)C(C)(C)C)C2(C)C)C(=O)C(=O)NC1CC1. The molecule has 13 heteroatoms. The molecule has 0 spiro atoms. The average Bonchev–Trinajstić information content (AvgIpc) is 3.94. The van der Waals surface area contributed by atoms with Crippen molar-refractivity contribution in [1.29, 1.82) is 0 Å². The van der Waals surface area contributed by atoms with Crippen molar-refractivity contribution in [2.45, 2.75) is 144 Å². The van der Waals surface area contributed by atoms with Crippen molar-refractivity contribution >= 4 is 41.4 Å². The van der Waals surface area contributed by atoms with E-state index in [1.807, 2.05) is 62.3 Å². The number of hydrogen-bond acceptors (Lipinski definition) is 7. The van der Waals surface area contributed by atoms with Crippen LogP contribution in [0.25, 0.3) is 0 Å². The number of Topliss-reactive ketones (excluding diaryl/α,β-unsaturated/α-hetero) is 1. The lowest BCUT2D eigenvalue weighted by atomic mass is 9.80. The van der Waals surface area contributed by atoms with E-state index in [0.717, 1.165) is 12.8 Å². The topological polar surface area (TPSA) is 174 Å². The molecule has 0 aromatic rings. The van der Waals surface area contributed by atoms with Crippen molar-refractivity contribution in [3.63, 3.8) is 0 Å². The summed E-state index contributed by atoms with van der Waals surface area (Å²) in [4.78, 5) is 97.5. The molecule has 5 rings (SSSR count). The summed E-state index contributed by atoms with van der Waals surface area (Å²) in [5, 5.41) is 11.6. The van der Waals surface area contributed by atoms with E-state index >= 15 is 0 Å². The Labute approximate surface area is 302 Å². The molecule has 5 aliphatic rings. The van der Waals surface area contributed by atoms with Gasteiger partial charge in [0.15, 0.2) is 0 Å². The fraction of sp³-hybridized carbons (Fsp3) is 0.816. The maximum absolute atomic E-state index is 14.5. The first-order valence-electron chi connectivity index (χ1n) is 18.7. The number of carbonyl (C=O) groups is 7. The lowest BCUT2D eigenvalue weighted by Crippen LogP contribution is -2.63. The molecule has 284 valence electrons. The van der Waals surface area contributed by atoms with Crippen LogP contribution in [0, 0.1) is 39.4 Å². The Balaban J connectivity index is 1.32. The van der Waals surface area contributed by atoms with Crippen molar-refractivity contribution in [2.75, 3.05) is 13.1 Å². The van der Waals surface area contributed by atoms with E-state index < -0.39 is 69.4 Å². The maximum atomic E-state index is 14.5. The number of imide groups is 1. The van der Waals surface area contributed by atoms with Gasteiger partial charge in [-0.15, -0.1) is 0 Å². The third-order valence-corrected chi connectivity index (χ3v) is 12.2. The van der Waals surface area contributed by atoms with E-state index in [-0.39, 0.29) is 60.4 Å². The summed E-state index contributed by atoms with van der Waals surface area (Å²) in [5.74, 6) is -2.97. The van der Waals surface area contributed by atoms with Gasteiger partial charge in [-0.05, 0) is 58.7 Å². The maximum Gasteiger partial charge on any atom is 0.315 e. The average molecular weight is 713 g/mol. The first-order valence-corrected chi connectivity index (χ1v) is 18.7. The van der Waals surface area contributed by atoms with Crippen LogP contribution in [0.15, 0.2) is 0 Å². The van der Waals surface area contributed by atoms with Crippen molar-refractivity contribution < 1.29 is 33.6 Å². The highest BCUT2D eigenvalue weighted by atomic mass is 16.2. The van der Waals surface area contributed by atoms with E-state index in [4.69, 9.17) is 0 Å². The van der Waals surface area contributed by atoms with Crippen LogP contribution < -0.4 is 21.3 Å². The summed E-state index contributed by atoms with van der Waals surface area (Å²) in [6.07, 6.45) is 3.12. The third kappa shape index (κ3) is 7.68. The minimum Gasteiger partial charge on any atom is -0.347 e. The number of urea groups is 1. The highest BCUT2D eigenvalue weighted by molar-refractivity contribution is 6.41. The van der Waals surface area contributed by atoms with Crippen molar-refractivity contribution in [1.82, 2.24) is 31.1 Å². The summed E-state index contributed by atoms with van der Waals surface area (Å²) < 4.78 is 0. The molecule has 7 amide bonds. The molecule has 51 heavy (non-hydrogen) atoms. The minimum absolute atomic E-state index is 0.00349. The van der Waals surface area contributed by atoms with Gasteiger partial charge in [0.2, 0.25) is 29.4 Å². The lowest BCUT2D eigenvalue weighted by molar-refractivity contribution is -0.153. The molecular weight excluding hydrogens is 652 g/mol. The first-order chi connectivity index (χ1) is 23.3. The summed E-state index contributed by atoms with van der Waals surface area (Å²) in [6, 6.07) is -3.14. The second-order valence-corrected chi connectivity index (χ2v) is 19.5. The molecule has 0 aromatic carbocycles. The molecule has 2 heterocycles. The van der Waals surface area contributed by atoms with Crippen LogP contribution in [0.5, 0.6) is 0 Å². The quantitative estimate of drug-likeness (QED) is 0.188. The largest absolute Gasteiger partial charge is 0.347 e. The number of nitrogens with one attached hydrogen (secondary N) is 4. The number of piperidine rings is 2. The number of rotatable bonds is 11. The van der Waals surface area contributed by atoms with Crippen LogP contribution in [0.2, 0.25) is 0 Å². The zero-order chi connectivity index (χ0) is 38.2. The molecule has 0 unspecified atom stereocenters. The molecule has 13 nitrogen and oxygen atoms in total. The minimum atomic E-state index is -1.28. The standard InChI is InChI=1S/C38H60N6O7/c1-12-20-15-38(20,29(47)31(49)39-21-13-14-21)42-30(48)27-26-22(37(26,10)11)18-44(27)32(50)28(35(5,6)7)41-33(51)40-23(34(2,3)4)19-43-24(45)16-36(8,9)17-25(43)46/h20-23,26-28H,12-19H2,1-11H3,(H,39,49)(H,42,48)(H2,40,41,51)/t20-,22-,23+,26-,27-,28+,38+/m0/s1. The van der Waals surface area contributed by atoms with Crippen molar-refractivity contribution in [3.8, 4) is 0 Å². The van der Waals surface area contributed by atoms with Crippen LogP contribution >= 0.6 is 0 Å². The van der Waals surface area contributed by atoms with Gasteiger partial charge in [0.1, 0.15) is 17.6 Å². The third-order valence-electron chi connectivity index (χ3n) is 12.2. The molecule has 0 aromatic heterocycles. The van der Waals surface area contributed by atoms with Gasteiger partial charge in [0.25, 0.3) is 5.91 Å². The van der Waals surface area contributed by atoms with Crippen LogP contribution in [0.4, 0.5) is 4.79 Å². The fourth-order valence-corrected chi connectivity index (χ4v) is 8.38. The predicted molar refractivity (Wildman–Crippen MR) is 190 cm³/mol. The molecule has 3 saturated carbocycles. The number of hydrogen-bond donors (Lipinski definition) is 4. The number of ketones is 1. The van der Waals surface area contributed by atoms with Gasteiger partial charge in [-0.2, -0.15) is 0 Å². The van der Waals surface area contributed by atoms with E-state index in [0.29, 0.717) is 19.4 Å². The Morgan fingerprint density at radius 3 is 1.96 bits per heavy atom. The number of likely N-dealkylation sites (tertiary alicyclic amines) is 2. The van der Waals surface area contributed by atoms with Crippen molar-refractivity contribution in [2.24, 2.45) is 39.4 Å². The molecule has 5 fully saturated rings. The predicted octanol–water partition coefficient (Wildman–Crippen LogP) is 2.91. The summed E-state index contributed by atoms with van der Waals surface area (Å²) in [7, 11) is 0. The van der Waals surface area contributed by atoms with Gasteiger partial charge in [0, 0.05) is 32.0 Å². The van der Waals surface area contributed by atoms with Crippen LogP contribution in [0.1, 0.15) is 115 Å². The second kappa shape index (κ2) is 12.9. The van der Waals surface area contributed by atoms with Crippen LogP contribution in [-0.2, 0) is 28.8 Å². The van der Waals surface area contributed by atoms with Crippen LogP contribution in [0.3, 0.4) is 0 Å². The first kappa shape index (κ1) is 38.7. The second-order valence-electron chi connectivity index (χ2n) is 19.5. The Kier molecular flexibility index (Phi) is 9.76. The number of carbonyl (C=O) groups excluding carboxylic acids is 7. The van der Waals surface area contributed by atoms with Gasteiger partial charge >= 0.3 is 6.03 Å². The fourth-order valence-electron chi connectivity index (χ4n) is 8.38. The van der Waals surface area contributed by atoms with Crippen LogP contribution in [-0.4, -0.2) is 93.9 Å². The molecule has 2 saturated heterocycles. The molecule has 7 atom stereocenters. The highest BCUT2D eigenvalue weighted by Gasteiger charge is 2.71. The molecule has 3 aliphatic carbocycles. The number of nitrogens with zero attached hydrogens (tertiary/aromatic N) is 2. The molecule has 2 aliphatic heterocycles. The number of fused-ring (bicyclic) bond motifs is 1. The number of amides is 7. The van der Waals surface area contributed by atoms with Gasteiger partial charge in [-0.25, -0.2) is 4.79 Å². The lowest BCUT2D eigenvalue weighted by Gasteiger charge is -2.41. The Morgan fingerprint density at radius 1 is 0.882 bits per heavy atom. The van der Waals surface area contributed by atoms with E-state index in [1.165, 1.54) is 4.90 Å². The molecular formula is C38H60N6O7.